The summed E-state index contributed by atoms with van der Waals surface area (Å²) in [6, 6.07) is 0. The van der Waals surface area contributed by atoms with Crippen LogP contribution in [0.3, 0.4) is 0 Å². The van der Waals surface area contributed by atoms with Crippen molar-refractivity contribution in [2.24, 2.45) is 7.05 Å². The van der Waals surface area contributed by atoms with E-state index in [1.807, 2.05) is 7.05 Å². The molecule has 1 rings (SSSR count). The smallest absolute Gasteiger partial charge is 0.243 e. The molecule has 0 atom stereocenters. The second-order valence-electron chi connectivity index (χ2n) is 3.47. The van der Waals surface area contributed by atoms with E-state index in [9.17, 15) is 0 Å². The summed E-state index contributed by atoms with van der Waals surface area (Å²) in [7, 11) is 6.26. The van der Waals surface area contributed by atoms with Crippen LogP contribution in [0.1, 0.15) is 6.42 Å². The van der Waals surface area contributed by atoms with Crippen LogP contribution in [0.15, 0.2) is 18.7 Å². The molecule has 68 valence electrons. The van der Waals surface area contributed by atoms with Crippen molar-refractivity contribution >= 4 is 0 Å². The fraction of sp³-hybridized carbons (Fsp3) is 0.667. The topological polar surface area (TPSA) is 12.1 Å². The van der Waals surface area contributed by atoms with Crippen molar-refractivity contribution in [2.45, 2.75) is 13.0 Å². The molecule has 1 aromatic heterocycles. The highest BCUT2D eigenvalue weighted by atomic mass is 15.1. The molecule has 0 saturated carbocycles. The van der Waals surface area contributed by atoms with Gasteiger partial charge in [0.1, 0.15) is 12.4 Å². The zero-order valence-corrected chi connectivity index (χ0v) is 8.20. The summed E-state index contributed by atoms with van der Waals surface area (Å²) in [6.07, 6.45) is 7.49. The lowest BCUT2D eigenvalue weighted by molar-refractivity contribution is -0.671. The zero-order valence-electron chi connectivity index (χ0n) is 8.20. The SMILES string of the molecule is CN(C)CCCn1cc[n+](C)c1. The van der Waals surface area contributed by atoms with Crippen LogP contribution in [0.25, 0.3) is 0 Å². The van der Waals surface area contributed by atoms with Gasteiger partial charge in [0.25, 0.3) is 0 Å². The molecule has 3 nitrogen and oxygen atoms in total. The average Bonchev–Trinajstić information content (AvgIpc) is 2.35. The Labute approximate surface area is 74.2 Å². The molecule has 0 aliphatic rings. The van der Waals surface area contributed by atoms with Gasteiger partial charge in [0, 0.05) is 6.54 Å². The first-order valence-corrected chi connectivity index (χ1v) is 4.34. The van der Waals surface area contributed by atoms with E-state index in [2.05, 4.69) is 46.9 Å². The van der Waals surface area contributed by atoms with E-state index in [-0.39, 0.29) is 0 Å². The molecular formula is C9H18N3+. The van der Waals surface area contributed by atoms with E-state index in [1.165, 1.54) is 6.42 Å². The lowest BCUT2D eigenvalue weighted by Crippen LogP contribution is -2.24. The van der Waals surface area contributed by atoms with Crippen LogP contribution in [0.2, 0.25) is 0 Å². The van der Waals surface area contributed by atoms with Gasteiger partial charge in [-0.05, 0) is 20.5 Å². The second-order valence-corrected chi connectivity index (χ2v) is 3.47. The number of nitrogens with zero attached hydrogens (tertiary/aromatic N) is 3. The minimum Gasteiger partial charge on any atom is -0.309 e. The summed E-state index contributed by atoms with van der Waals surface area (Å²) in [5, 5.41) is 0. The maximum atomic E-state index is 2.21. The van der Waals surface area contributed by atoms with Gasteiger partial charge in [-0.3, -0.25) is 0 Å². The van der Waals surface area contributed by atoms with Gasteiger partial charge >= 0.3 is 0 Å². The molecule has 1 aromatic rings. The Morgan fingerprint density at radius 3 is 2.67 bits per heavy atom. The lowest BCUT2D eigenvalue weighted by atomic mass is 10.4. The largest absolute Gasteiger partial charge is 0.309 e. The molecule has 1 heterocycles. The number of hydrogen-bond donors (Lipinski definition) is 0. The second kappa shape index (κ2) is 4.26. The molecule has 0 N–H and O–H groups in total. The standard InChI is InChI=1S/C9H18N3/c1-10(2)5-4-6-12-8-7-11(3)9-12/h7-9H,4-6H2,1-3H3/q+1. The predicted molar refractivity (Wildman–Crippen MR) is 48.8 cm³/mol. The van der Waals surface area contributed by atoms with Crippen LogP contribution in [0.5, 0.6) is 0 Å². The van der Waals surface area contributed by atoms with Crippen molar-refractivity contribution in [1.82, 2.24) is 9.47 Å². The van der Waals surface area contributed by atoms with Crippen molar-refractivity contribution in [1.29, 1.82) is 0 Å². The Kier molecular flexibility index (Phi) is 3.29. The molecule has 0 spiro atoms. The summed E-state index contributed by atoms with van der Waals surface area (Å²) in [6.45, 7) is 2.26. The van der Waals surface area contributed by atoms with Crippen molar-refractivity contribution in [3.8, 4) is 0 Å². The van der Waals surface area contributed by atoms with Crippen LogP contribution in [-0.4, -0.2) is 30.1 Å². The number of aromatic nitrogens is 2. The molecule has 0 aliphatic heterocycles. The molecular weight excluding hydrogens is 150 g/mol. The van der Waals surface area contributed by atoms with Crippen molar-refractivity contribution in [2.75, 3.05) is 20.6 Å². The average molecular weight is 168 g/mol. The van der Waals surface area contributed by atoms with E-state index < -0.39 is 0 Å². The molecule has 0 aliphatic carbocycles. The van der Waals surface area contributed by atoms with E-state index in [0.29, 0.717) is 0 Å². The summed E-state index contributed by atoms with van der Waals surface area (Å²) in [4.78, 5) is 2.21. The molecule has 12 heavy (non-hydrogen) atoms. The molecule has 0 aromatic carbocycles. The van der Waals surface area contributed by atoms with Crippen molar-refractivity contribution < 1.29 is 4.57 Å². The van der Waals surface area contributed by atoms with Gasteiger partial charge in [0.15, 0.2) is 0 Å². The number of rotatable bonds is 4. The lowest BCUT2D eigenvalue weighted by Gasteiger charge is -2.06. The first kappa shape index (κ1) is 9.26. The molecule has 0 bridgehead atoms. The third kappa shape index (κ3) is 3.05. The Morgan fingerprint density at radius 2 is 2.17 bits per heavy atom. The van der Waals surface area contributed by atoms with Crippen LogP contribution in [-0.2, 0) is 13.6 Å². The molecule has 0 saturated heterocycles. The fourth-order valence-electron chi connectivity index (χ4n) is 1.20. The third-order valence-corrected chi connectivity index (χ3v) is 1.85. The maximum Gasteiger partial charge on any atom is 0.243 e. The molecule has 0 amide bonds. The van der Waals surface area contributed by atoms with Crippen LogP contribution < -0.4 is 4.57 Å². The highest BCUT2D eigenvalue weighted by Crippen LogP contribution is 1.90. The van der Waals surface area contributed by atoms with Gasteiger partial charge in [-0.25, -0.2) is 9.13 Å². The first-order chi connectivity index (χ1) is 5.68. The molecule has 0 radical (unpaired) electrons. The van der Waals surface area contributed by atoms with Gasteiger partial charge in [-0.1, -0.05) is 0 Å². The van der Waals surface area contributed by atoms with Gasteiger partial charge in [0.05, 0.1) is 13.6 Å². The highest BCUT2D eigenvalue weighted by Gasteiger charge is 1.99. The van der Waals surface area contributed by atoms with Gasteiger partial charge in [-0.2, -0.15) is 0 Å². The minimum absolute atomic E-state index is 1.11. The number of aryl methyl sites for hydroxylation is 2. The Morgan fingerprint density at radius 1 is 1.42 bits per heavy atom. The van der Waals surface area contributed by atoms with E-state index in [4.69, 9.17) is 0 Å². The van der Waals surface area contributed by atoms with Gasteiger partial charge in [-0.15, -0.1) is 0 Å². The zero-order chi connectivity index (χ0) is 8.97. The number of imidazole rings is 1. The Bertz CT molecular complexity index is 227. The first-order valence-electron chi connectivity index (χ1n) is 4.34. The minimum atomic E-state index is 1.11. The van der Waals surface area contributed by atoms with Crippen molar-refractivity contribution in [3.05, 3.63) is 18.7 Å². The van der Waals surface area contributed by atoms with Gasteiger partial charge < -0.3 is 4.90 Å². The van der Waals surface area contributed by atoms with E-state index >= 15 is 0 Å². The number of hydrogen-bond acceptors (Lipinski definition) is 1. The quantitative estimate of drug-likeness (QED) is 0.587. The molecule has 0 fully saturated rings. The molecule has 3 heteroatoms. The fourth-order valence-corrected chi connectivity index (χ4v) is 1.20. The Hall–Kier alpha value is -0.830. The Balaban J connectivity index is 2.24. The van der Waals surface area contributed by atoms with Crippen LogP contribution in [0.4, 0.5) is 0 Å². The van der Waals surface area contributed by atoms with E-state index in [1.54, 1.807) is 0 Å². The van der Waals surface area contributed by atoms with Crippen LogP contribution >= 0.6 is 0 Å². The van der Waals surface area contributed by atoms with Gasteiger partial charge in [0.2, 0.25) is 6.33 Å². The summed E-state index contributed by atoms with van der Waals surface area (Å²) < 4.78 is 4.28. The maximum absolute atomic E-state index is 2.21. The predicted octanol–water partition coefficient (Wildman–Crippen LogP) is 0.264. The summed E-state index contributed by atoms with van der Waals surface area (Å²) in [5.74, 6) is 0. The summed E-state index contributed by atoms with van der Waals surface area (Å²) >= 11 is 0. The highest BCUT2D eigenvalue weighted by molar-refractivity contribution is 4.65. The monoisotopic (exact) mass is 168 g/mol. The summed E-state index contributed by atoms with van der Waals surface area (Å²) in [5.41, 5.74) is 0. The normalized spacial score (nSPS) is 11.0. The van der Waals surface area contributed by atoms with E-state index in [0.717, 1.165) is 13.1 Å². The third-order valence-electron chi connectivity index (χ3n) is 1.85. The molecule has 0 unspecified atom stereocenters. The van der Waals surface area contributed by atoms with Crippen molar-refractivity contribution in [3.63, 3.8) is 0 Å². The van der Waals surface area contributed by atoms with Crippen LogP contribution in [0, 0.1) is 0 Å².